The predicted octanol–water partition coefficient (Wildman–Crippen LogP) is 15.2. The van der Waals surface area contributed by atoms with Gasteiger partial charge in [0.1, 0.15) is 0 Å². The third-order valence-corrected chi connectivity index (χ3v) is 13.2. The first-order valence-electron chi connectivity index (χ1n) is 23.4. The Bertz CT molecular complexity index is 3180. The van der Waals surface area contributed by atoms with Gasteiger partial charge in [0.25, 0.3) is 0 Å². The summed E-state index contributed by atoms with van der Waals surface area (Å²) in [5.74, 6) is 0. The van der Waals surface area contributed by atoms with Crippen LogP contribution in [-0.4, -0.2) is 0 Å². The minimum atomic E-state index is -3.41. The highest BCUT2D eigenvalue weighted by Crippen LogP contribution is 2.55. The van der Waals surface area contributed by atoms with Crippen molar-refractivity contribution in [2.45, 2.75) is 65.0 Å². The van der Waals surface area contributed by atoms with Gasteiger partial charge in [-0.15, -0.1) is 11.3 Å². The van der Waals surface area contributed by atoms with Gasteiger partial charge in [0.05, 0.1) is 0 Å². The smallest absolute Gasteiger partial charge is 0.0468 e. The Kier molecular flexibility index (Phi) is 5.36. The monoisotopic (exact) mass is 725 g/mol. The van der Waals surface area contributed by atoms with Crippen molar-refractivity contribution in [1.29, 1.82) is 0 Å². The van der Waals surface area contributed by atoms with E-state index in [1.165, 1.54) is 31.3 Å². The average molecular weight is 726 g/mol. The Balaban J connectivity index is 1.19. The number of aryl methyl sites for hydroxylation is 2. The number of anilines is 3. The minimum Gasteiger partial charge on any atom is -0.310 e. The molecule has 1 aromatic heterocycles. The molecule has 2 aliphatic rings. The van der Waals surface area contributed by atoms with Crippen molar-refractivity contribution >= 4 is 48.6 Å². The van der Waals surface area contributed by atoms with Gasteiger partial charge in [-0.3, -0.25) is 0 Å². The van der Waals surface area contributed by atoms with E-state index in [9.17, 15) is 5.48 Å². The lowest BCUT2D eigenvalue weighted by Gasteiger charge is -2.31. The van der Waals surface area contributed by atoms with Crippen molar-refractivity contribution in [2.24, 2.45) is 0 Å². The Labute approximate surface area is 337 Å². The van der Waals surface area contributed by atoms with Crippen LogP contribution in [0.4, 0.5) is 17.1 Å². The molecular formula is C52H45NS. The van der Waals surface area contributed by atoms with Crippen LogP contribution in [0.15, 0.2) is 140 Å². The SMILES string of the molecule is [2H]C([2H])([2H])C([2H])([2H])C1(C([2H])([2H])C([2H])([2H])[2H])c2ccc(N(c3ccc(-c4ccc5c(c4)sc4ccccc45)cc3)c3ccc4c(c3)C(C)(C)c3ccccc3-4)cc2-c2cc(C)c(C)cc21. The molecule has 2 aliphatic carbocycles. The Morgan fingerprint density at radius 3 is 2.00 bits per heavy atom. The molecular weight excluding hydrogens is 671 g/mol. The van der Waals surface area contributed by atoms with Crippen LogP contribution in [0.2, 0.25) is 0 Å². The summed E-state index contributed by atoms with van der Waals surface area (Å²) in [5, 5.41) is 2.46. The highest BCUT2D eigenvalue weighted by Gasteiger charge is 2.41. The molecule has 0 aliphatic heterocycles. The normalized spacial score (nSPS) is 18.3. The number of benzene rings is 7. The van der Waals surface area contributed by atoms with Crippen LogP contribution < -0.4 is 4.90 Å². The minimum absolute atomic E-state index is 0.00792. The first-order valence-corrected chi connectivity index (χ1v) is 19.2. The van der Waals surface area contributed by atoms with Crippen LogP contribution in [-0.2, 0) is 10.8 Å². The predicted molar refractivity (Wildman–Crippen MR) is 233 cm³/mol. The highest BCUT2D eigenvalue weighted by atomic mass is 32.1. The van der Waals surface area contributed by atoms with Gasteiger partial charge in [0, 0.05) is 61.8 Å². The Morgan fingerprint density at radius 2 is 1.17 bits per heavy atom. The van der Waals surface area contributed by atoms with Gasteiger partial charge in [0.15, 0.2) is 0 Å². The summed E-state index contributed by atoms with van der Waals surface area (Å²) in [5.41, 5.74) is 8.34. The number of hydrogen-bond donors (Lipinski definition) is 0. The molecule has 0 amide bonds. The maximum Gasteiger partial charge on any atom is 0.0468 e. The molecule has 0 saturated carbocycles. The molecule has 0 saturated heterocycles. The van der Waals surface area contributed by atoms with Crippen molar-refractivity contribution in [3.05, 3.63) is 173 Å². The van der Waals surface area contributed by atoms with Crippen LogP contribution in [0.5, 0.6) is 0 Å². The van der Waals surface area contributed by atoms with Crippen molar-refractivity contribution in [2.75, 3.05) is 4.90 Å². The average Bonchev–Trinajstić information content (AvgIpc) is 3.84. The lowest BCUT2D eigenvalue weighted by Crippen LogP contribution is -2.23. The molecule has 0 fully saturated rings. The lowest BCUT2D eigenvalue weighted by atomic mass is 9.73. The van der Waals surface area contributed by atoms with Gasteiger partial charge in [-0.2, -0.15) is 0 Å². The third-order valence-electron chi connectivity index (χ3n) is 12.0. The van der Waals surface area contributed by atoms with E-state index in [1.54, 1.807) is 36.5 Å². The Hall–Kier alpha value is -5.44. The van der Waals surface area contributed by atoms with Crippen LogP contribution in [0, 0.1) is 13.8 Å². The lowest BCUT2D eigenvalue weighted by molar-refractivity contribution is 0.490. The summed E-state index contributed by atoms with van der Waals surface area (Å²) in [6, 6.07) is 46.7. The summed E-state index contributed by atoms with van der Waals surface area (Å²) in [6.07, 6.45) is -6.73. The zero-order chi connectivity index (χ0) is 45.5. The molecule has 1 nitrogen and oxygen atoms in total. The number of nitrogens with zero attached hydrogens (tertiary/aromatic N) is 1. The molecule has 0 atom stereocenters. The van der Waals surface area contributed by atoms with Crippen molar-refractivity contribution in [3.63, 3.8) is 0 Å². The van der Waals surface area contributed by atoms with Gasteiger partial charge < -0.3 is 4.90 Å². The summed E-state index contributed by atoms with van der Waals surface area (Å²) in [7, 11) is 0. The van der Waals surface area contributed by atoms with E-state index < -0.39 is 31.9 Å². The molecule has 8 aromatic rings. The third kappa shape index (κ3) is 4.69. The standard InChI is InChI=1S/C52H45NS/c1-7-52(8-2)46-26-23-37(30-44(46)43-27-32(3)33(4)28-48(43)52)53(38-22-25-40-39-13-9-11-15-45(39)51(5,6)47(40)31-38)36-20-17-34(18-21-36)35-19-24-42-41-14-10-12-16-49(41)54-50(42)29-35/h9-31H,7-8H2,1-6H3/i1D3,2D3,7D2,8D2. The second-order valence-electron chi connectivity index (χ2n) is 15.3. The summed E-state index contributed by atoms with van der Waals surface area (Å²) in [6.45, 7) is 1.29. The van der Waals surface area contributed by atoms with Gasteiger partial charge in [0.2, 0.25) is 0 Å². The molecule has 7 aromatic carbocycles. The summed E-state index contributed by atoms with van der Waals surface area (Å²) >= 11 is 1.77. The van der Waals surface area contributed by atoms with Crippen molar-refractivity contribution in [3.8, 4) is 33.4 Å². The molecule has 0 radical (unpaired) electrons. The fourth-order valence-corrected chi connectivity index (χ4v) is 10.1. The topological polar surface area (TPSA) is 3.24 Å². The van der Waals surface area contributed by atoms with E-state index in [2.05, 4.69) is 128 Å². The largest absolute Gasteiger partial charge is 0.310 e. The molecule has 0 spiro atoms. The van der Waals surface area contributed by atoms with E-state index in [1.807, 2.05) is 19.1 Å². The maximum atomic E-state index is 9.38. The van der Waals surface area contributed by atoms with Crippen LogP contribution in [0.25, 0.3) is 53.6 Å². The van der Waals surface area contributed by atoms with E-state index in [0.29, 0.717) is 22.4 Å². The molecule has 0 bridgehead atoms. The van der Waals surface area contributed by atoms with Gasteiger partial charge >= 0.3 is 0 Å². The maximum absolute atomic E-state index is 9.38. The Morgan fingerprint density at radius 1 is 0.519 bits per heavy atom. The first-order chi connectivity index (χ1) is 30.1. The number of hydrogen-bond acceptors (Lipinski definition) is 2. The molecule has 0 unspecified atom stereocenters. The van der Waals surface area contributed by atoms with Crippen LogP contribution in [0.3, 0.4) is 0 Å². The second kappa shape index (κ2) is 12.0. The van der Waals surface area contributed by atoms with Gasteiger partial charge in [-0.25, -0.2) is 0 Å². The van der Waals surface area contributed by atoms with E-state index >= 15 is 0 Å². The van der Waals surface area contributed by atoms with E-state index in [0.717, 1.165) is 39.2 Å². The fourth-order valence-electron chi connectivity index (χ4n) is 9.00. The summed E-state index contributed by atoms with van der Waals surface area (Å²) < 4.78 is 91.0. The van der Waals surface area contributed by atoms with Crippen molar-refractivity contribution in [1.82, 2.24) is 0 Å². The molecule has 10 rings (SSSR count). The van der Waals surface area contributed by atoms with Crippen LogP contribution in [0.1, 0.15) is 87.4 Å². The van der Waals surface area contributed by atoms with E-state index in [4.69, 9.17) is 8.22 Å². The summed E-state index contributed by atoms with van der Waals surface area (Å²) in [4.78, 5) is 2.11. The molecule has 0 N–H and O–H groups in total. The fraction of sp³-hybridized carbons (Fsp3) is 0.192. The number of thiophene rings is 1. The second-order valence-corrected chi connectivity index (χ2v) is 16.4. The van der Waals surface area contributed by atoms with Crippen LogP contribution >= 0.6 is 11.3 Å². The van der Waals surface area contributed by atoms with Crippen molar-refractivity contribution < 1.29 is 13.7 Å². The quantitative estimate of drug-likeness (QED) is 0.165. The molecule has 1 heterocycles. The number of rotatable bonds is 6. The highest BCUT2D eigenvalue weighted by molar-refractivity contribution is 7.25. The molecule has 2 heteroatoms. The zero-order valence-electron chi connectivity index (χ0n) is 40.6. The van der Waals surface area contributed by atoms with Gasteiger partial charge in [-0.05, 0) is 142 Å². The van der Waals surface area contributed by atoms with Gasteiger partial charge in [-0.1, -0.05) is 119 Å². The first kappa shape index (κ1) is 24.1. The molecule has 264 valence electrons. The van der Waals surface area contributed by atoms with E-state index in [-0.39, 0.29) is 16.5 Å². The molecule has 54 heavy (non-hydrogen) atoms. The zero-order valence-corrected chi connectivity index (χ0v) is 31.5. The number of fused-ring (bicyclic) bond motifs is 9.